The van der Waals surface area contributed by atoms with Gasteiger partial charge in [0.15, 0.2) is 0 Å². The van der Waals surface area contributed by atoms with Crippen molar-refractivity contribution < 1.29 is 9.59 Å². The van der Waals surface area contributed by atoms with Gasteiger partial charge in [-0.05, 0) is 25.1 Å². The number of hydrogen-bond acceptors (Lipinski definition) is 5. The molecule has 1 aliphatic heterocycles. The molecule has 9 heteroatoms. The number of nitrogens with one attached hydrogen (secondary N) is 1. The molecule has 2 amide bonds. The molecule has 1 fully saturated rings. The number of hydrogen-bond donors (Lipinski definition) is 2. The highest BCUT2D eigenvalue weighted by Gasteiger charge is 2.21. The summed E-state index contributed by atoms with van der Waals surface area (Å²) < 4.78 is 0. The molecule has 2 heterocycles. The van der Waals surface area contributed by atoms with Crippen LogP contribution in [-0.2, 0) is 9.59 Å². The standard InChI is InChI=1S/C16H25N5O2.2ClH/c17-7-3-5-15(22)19-9-6-16(23)21-12-10-20(11-13-21)14-4-1-2-8-18-14;;/h1-2,4,8H,3,5-7,9-13,17H2,(H,19,22);2*1H. The minimum atomic E-state index is -0.0387. The third kappa shape index (κ3) is 7.90. The Hall–Kier alpha value is -1.57. The topological polar surface area (TPSA) is 91.6 Å². The van der Waals surface area contributed by atoms with Gasteiger partial charge in [0.2, 0.25) is 11.8 Å². The lowest BCUT2D eigenvalue weighted by atomic mass is 10.2. The number of carbonyl (C=O) groups excluding carboxylic acids is 2. The Morgan fingerprint density at radius 2 is 1.84 bits per heavy atom. The molecule has 2 rings (SSSR count). The van der Waals surface area contributed by atoms with Gasteiger partial charge in [-0.1, -0.05) is 6.07 Å². The van der Waals surface area contributed by atoms with Crippen LogP contribution in [0.1, 0.15) is 19.3 Å². The maximum atomic E-state index is 12.2. The summed E-state index contributed by atoms with van der Waals surface area (Å²) in [6.45, 7) is 3.85. The number of pyridine rings is 1. The highest BCUT2D eigenvalue weighted by atomic mass is 35.5. The summed E-state index contributed by atoms with van der Waals surface area (Å²) in [4.78, 5) is 32.0. The average molecular weight is 392 g/mol. The fourth-order valence-corrected chi connectivity index (χ4v) is 2.54. The number of carbonyl (C=O) groups is 2. The van der Waals surface area contributed by atoms with Gasteiger partial charge in [0.1, 0.15) is 5.82 Å². The van der Waals surface area contributed by atoms with Crippen LogP contribution in [0.15, 0.2) is 24.4 Å². The maximum Gasteiger partial charge on any atom is 0.224 e. The lowest BCUT2D eigenvalue weighted by Gasteiger charge is -2.35. The highest BCUT2D eigenvalue weighted by molar-refractivity contribution is 5.85. The van der Waals surface area contributed by atoms with Crippen LogP contribution in [0.5, 0.6) is 0 Å². The molecule has 0 bridgehead atoms. The fourth-order valence-electron chi connectivity index (χ4n) is 2.54. The summed E-state index contributed by atoms with van der Waals surface area (Å²) in [5.74, 6) is 1.000. The number of halogens is 2. The molecule has 3 N–H and O–H groups in total. The molecule has 1 aliphatic rings. The zero-order valence-electron chi connectivity index (χ0n) is 14.2. The van der Waals surface area contributed by atoms with E-state index < -0.39 is 0 Å². The quantitative estimate of drug-likeness (QED) is 0.717. The van der Waals surface area contributed by atoms with Crippen molar-refractivity contribution in [1.29, 1.82) is 0 Å². The van der Waals surface area contributed by atoms with Crippen molar-refractivity contribution in [2.45, 2.75) is 19.3 Å². The van der Waals surface area contributed by atoms with Crippen LogP contribution in [0.25, 0.3) is 0 Å². The molecular formula is C16H27Cl2N5O2. The van der Waals surface area contributed by atoms with E-state index in [1.807, 2.05) is 23.1 Å². The van der Waals surface area contributed by atoms with E-state index in [9.17, 15) is 9.59 Å². The van der Waals surface area contributed by atoms with Gasteiger partial charge in [0.05, 0.1) is 0 Å². The third-order valence-electron chi connectivity index (χ3n) is 3.87. The van der Waals surface area contributed by atoms with Crippen molar-refractivity contribution in [3.05, 3.63) is 24.4 Å². The van der Waals surface area contributed by atoms with E-state index in [1.54, 1.807) is 6.20 Å². The monoisotopic (exact) mass is 391 g/mol. The second-order valence-electron chi connectivity index (χ2n) is 5.55. The van der Waals surface area contributed by atoms with Crippen LogP contribution in [0, 0.1) is 0 Å². The second kappa shape index (κ2) is 12.7. The van der Waals surface area contributed by atoms with Crippen LogP contribution in [0.3, 0.4) is 0 Å². The van der Waals surface area contributed by atoms with E-state index >= 15 is 0 Å². The molecule has 1 aromatic heterocycles. The van der Waals surface area contributed by atoms with Gasteiger partial charge in [-0.2, -0.15) is 0 Å². The van der Waals surface area contributed by atoms with Gasteiger partial charge >= 0.3 is 0 Å². The predicted molar refractivity (Wildman–Crippen MR) is 103 cm³/mol. The Labute approximate surface area is 161 Å². The first kappa shape index (κ1) is 23.4. The van der Waals surface area contributed by atoms with Crippen LogP contribution < -0.4 is 16.0 Å². The first-order valence-corrected chi connectivity index (χ1v) is 8.11. The van der Waals surface area contributed by atoms with Crippen molar-refractivity contribution in [2.75, 3.05) is 44.2 Å². The smallest absolute Gasteiger partial charge is 0.224 e. The molecule has 7 nitrogen and oxygen atoms in total. The Morgan fingerprint density at radius 1 is 1.12 bits per heavy atom. The van der Waals surface area contributed by atoms with E-state index in [0.717, 1.165) is 18.9 Å². The zero-order chi connectivity index (χ0) is 16.5. The molecule has 1 saturated heterocycles. The number of aromatic nitrogens is 1. The minimum absolute atomic E-state index is 0. The van der Waals surface area contributed by atoms with Gasteiger partial charge in [0, 0.05) is 51.8 Å². The van der Waals surface area contributed by atoms with E-state index in [-0.39, 0.29) is 36.6 Å². The van der Waals surface area contributed by atoms with E-state index in [4.69, 9.17) is 5.73 Å². The fraction of sp³-hybridized carbons (Fsp3) is 0.562. The number of nitrogens with two attached hydrogens (primary N) is 1. The molecular weight excluding hydrogens is 365 g/mol. The van der Waals surface area contributed by atoms with E-state index in [0.29, 0.717) is 45.4 Å². The molecule has 0 unspecified atom stereocenters. The molecule has 25 heavy (non-hydrogen) atoms. The lowest BCUT2D eigenvalue weighted by Crippen LogP contribution is -2.49. The maximum absolute atomic E-state index is 12.2. The molecule has 142 valence electrons. The largest absolute Gasteiger partial charge is 0.356 e. The second-order valence-corrected chi connectivity index (χ2v) is 5.55. The van der Waals surface area contributed by atoms with Crippen LogP contribution in [0.4, 0.5) is 5.82 Å². The number of nitrogens with zero attached hydrogens (tertiary/aromatic N) is 3. The van der Waals surface area contributed by atoms with Crippen LogP contribution >= 0.6 is 24.8 Å². The number of anilines is 1. The molecule has 0 saturated carbocycles. The van der Waals surface area contributed by atoms with Crippen molar-refractivity contribution in [2.24, 2.45) is 5.73 Å². The predicted octanol–water partition coefficient (Wildman–Crippen LogP) is 0.819. The van der Waals surface area contributed by atoms with Crippen molar-refractivity contribution in [3.8, 4) is 0 Å². The molecule has 0 spiro atoms. The Bertz CT molecular complexity index is 511. The van der Waals surface area contributed by atoms with Gasteiger partial charge in [-0.15, -0.1) is 24.8 Å². The van der Waals surface area contributed by atoms with Crippen molar-refractivity contribution in [3.63, 3.8) is 0 Å². The van der Waals surface area contributed by atoms with E-state index in [2.05, 4.69) is 15.2 Å². The summed E-state index contributed by atoms with van der Waals surface area (Å²) in [6, 6.07) is 5.84. The molecule has 0 atom stereocenters. The summed E-state index contributed by atoms with van der Waals surface area (Å²) in [7, 11) is 0. The normalized spacial score (nSPS) is 13.5. The van der Waals surface area contributed by atoms with Crippen LogP contribution in [-0.4, -0.2) is 61.0 Å². The number of amides is 2. The summed E-state index contributed by atoms with van der Waals surface area (Å²) >= 11 is 0. The van der Waals surface area contributed by atoms with Gasteiger partial charge < -0.3 is 20.9 Å². The van der Waals surface area contributed by atoms with Crippen molar-refractivity contribution >= 4 is 42.4 Å². The molecule has 0 radical (unpaired) electrons. The SMILES string of the molecule is Cl.Cl.NCCCC(=O)NCCC(=O)N1CCN(c2ccccn2)CC1. The molecule has 1 aromatic rings. The molecule has 0 aliphatic carbocycles. The number of rotatable bonds is 7. The Balaban J connectivity index is 0.00000288. The summed E-state index contributed by atoms with van der Waals surface area (Å²) in [5.41, 5.74) is 5.36. The third-order valence-corrected chi connectivity index (χ3v) is 3.87. The first-order valence-electron chi connectivity index (χ1n) is 8.11. The Kier molecular flexibility index (Phi) is 11.9. The van der Waals surface area contributed by atoms with Gasteiger partial charge in [-0.3, -0.25) is 9.59 Å². The first-order chi connectivity index (χ1) is 11.2. The highest BCUT2D eigenvalue weighted by Crippen LogP contribution is 2.12. The Morgan fingerprint density at radius 3 is 2.44 bits per heavy atom. The van der Waals surface area contributed by atoms with Gasteiger partial charge in [0.25, 0.3) is 0 Å². The van der Waals surface area contributed by atoms with Crippen molar-refractivity contribution in [1.82, 2.24) is 15.2 Å². The van der Waals surface area contributed by atoms with Crippen LogP contribution in [0.2, 0.25) is 0 Å². The average Bonchev–Trinajstić information content (AvgIpc) is 2.60. The number of piperazine rings is 1. The summed E-state index contributed by atoms with van der Waals surface area (Å²) in [6.07, 6.45) is 3.22. The lowest BCUT2D eigenvalue weighted by molar-refractivity contribution is -0.131. The van der Waals surface area contributed by atoms with Gasteiger partial charge in [-0.25, -0.2) is 4.98 Å². The van der Waals surface area contributed by atoms with E-state index in [1.165, 1.54) is 0 Å². The molecule has 0 aromatic carbocycles. The minimum Gasteiger partial charge on any atom is -0.356 e. The zero-order valence-corrected chi connectivity index (χ0v) is 15.9. The summed E-state index contributed by atoms with van der Waals surface area (Å²) in [5, 5.41) is 2.76.